The van der Waals surface area contributed by atoms with E-state index in [0.29, 0.717) is 5.54 Å². The smallest absolute Gasteiger partial charge is 0.194 e. The number of hydrogen-bond acceptors (Lipinski definition) is 3. The van der Waals surface area contributed by atoms with E-state index >= 15 is 0 Å². The van der Waals surface area contributed by atoms with Crippen LogP contribution >= 0.6 is 0 Å². The molecule has 0 atom stereocenters. The predicted molar refractivity (Wildman–Crippen MR) is 68.9 cm³/mol. The van der Waals surface area contributed by atoms with Crippen LogP contribution in [0, 0.1) is 23.7 Å². The molecular formula is C14H23N3. The summed E-state index contributed by atoms with van der Waals surface area (Å²) < 4.78 is 0. The van der Waals surface area contributed by atoms with Gasteiger partial charge >= 0.3 is 0 Å². The van der Waals surface area contributed by atoms with Gasteiger partial charge in [-0.15, -0.1) is 0 Å². The Hall–Kier alpha value is -0.730. The number of nitrogens with zero attached hydrogens (tertiary/aromatic N) is 2. The van der Waals surface area contributed by atoms with Crippen LogP contribution in [0.2, 0.25) is 0 Å². The van der Waals surface area contributed by atoms with Gasteiger partial charge in [-0.25, -0.2) is 0 Å². The molecule has 1 heterocycles. The Morgan fingerprint density at radius 1 is 1.06 bits per heavy atom. The minimum atomic E-state index is 0.354. The fraction of sp³-hybridized carbons (Fsp3) is 0.929. The lowest BCUT2D eigenvalue weighted by molar-refractivity contribution is -0.0569. The molecule has 17 heavy (non-hydrogen) atoms. The first-order valence-electron chi connectivity index (χ1n) is 7.17. The largest absolute Gasteiger partial charge is 0.349 e. The van der Waals surface area contributed by atoms with Crippen molar-refractivity contribution in [1.82, 2.24) is 10.2 Å². The quantitative estimate of drug-likeness (QED) is 0.689. The van der Waals surface area contributed by atoms with Crippen molar-refractivity contribution >= 4 is 5.96 Å². The fourth-order valence-electron chi connectivity index (χ4n) is 5.23. The van der Waals surface area contributed by atoms with Crippen LogP contribution in [-0.4, -0.2) is 37.0 Å². The van der Waals surface area contributed by atoms with Crippen molar-refractivity contribution in [3.05, 3.63) is 0 Å². The van der Waals surface area contributed by atoms with E-state index in [9.17, 15) is 0 Å². The topological polar surface area (TPSA) is 27.6 Å². The van der Waals surface area contributed by atoms with Crippen LogP contribution < -0.4 is 5.32 Å². The van der Waals surface area contributed by atoms with E-state index in [1.165, 1.54) is 32.1 Å². The maximum atomic E-state index is 4.77. The molecule has 3 heteroatoms. The van der Waals surface area contributed by atoms with Crippen LogP contribution in [0.15, 0.2) is 4.99 Å². The number of guanidine groups is 1. The van der Waals surface area contributed by atoms with Crippen LogP contribution in [-0.2, 0) is 0 Å². The molecular weight excluding hydrogens is 210 g/mol. The van der Waals surface area contributed by atoms with E-state index in [4.69, 9.17) is 4.99 Å². The lowest BCUT2D eigenvalue weighted by Gasteiger charge is -2.59. The molecule has 0 aromatic carbocycles. The molecule has 1 spiro atoms. The van der Waals surface area contributed by atoms with Crippen LogP contribution in [0.5, 0.6) is 0 Å². The van der Waals surface area contributed by atoms with Gasteiger partial charge in [-0.2, -0.15) is 0 Å². The lowest BCUT2D eigenvalue weighted by Crippen LogP contribution is -2.66. The molecule has 0 radical (unpaired) electrons. The molecule has 3 nitrogen and oxygen atoms in total. The van der Waals surface area contributed by atoms with Crippen molar-refractivity contribution in [2.24, 2.45) is 28.7 Å². The average Bonchev–Trinajstić information content (AvgIpc) is 2.71. The standard InChI is InChI=1S/C14H23N3/c1-17(2)13-15-8-14(16-13)11-4-9-3-10(6-11)7-12(14)5-9/h9-12H,3-8H2,1-2H3,(H,15,16). The number of hydrogen-bond donors (Lipinski definition) is 1. The lowest BCUT2D eigenvalue weighted by atomic mass is 9.48. The highest BCUT2D eigenvalue weighted by atomic mass is 15.3. The summed E-state index contributed by atoms with van der Waals surface area (Å²) in [6, 6.07) is 0. The van der Waals surface area contributed by atoms with Crippen LogP contribution in [0.1, 0.15) is 32.1 Å². The van der Waals surface area contributed by atoms with Crippen molar-refractivity contribution < 1.29 is 0 Å². The molecule has 4 saturated carbocycles. The van der Waals surface area contributed by atoms with E-state index in [1.807, 2.05) is 0 Å². The first-order chi connectivity index (χ1) is 8.17. The Morgan fingerprint density at radius 2 is 1.65 bits per heavy atom. The van der Waals surface area contributed by atoms with E-state index in [1.54, 1.807) is 0 Å². The Kier molecular flexibility index (Phi) is 1.91. The Balaban J connectivity index is 1.63. The SMILES string of the molecule is CN(C)C1=NCC2(N1)C1CC3CC(C1)CC2C3. The van der Waals surface area contributed by atoms with Crippen molar-refractivity contribution in [2.75, 3.05) is 20.6 Å². The maximum Gasteiger partial charge on any atom is 0.194 e. The van der Waals surface area contributed by atoms with Crippen molar-refractivity contribution in [2.45, 2.75) is 37.6 Å². The first-order valence-corrected chi connectivity index (χ1v) is 7.17. The highest BCUT2D eigenvalue weighted by Gasteiger charge is 2.58. The van der Waals surface area contributed by atoms with Gasteiger partial charge < -0.3 is 10.2 Å². The molecule has 0 saturated heterocycles. The van der Waals surface area contributed by atoms with Crippen LogP contribution in [0.4, 0.5) is 0 Å². The molecule has 5 rings (SSSR count). The van der Waals surface area contributed by atoms with Crippen molar-refractivity contribution in [1.29, 1.82) is 0 Å². The summed E-state index contributed by atoms with van der Waals surface area (Å²) in [6.07, 6.45) is 7.41. The van der Waals surface area contributed by atoms with E-state index in [-0.39, 0.29) is 0 Å². The van der Waals surface area contributed by atoms with Gasteiger partial charge in [0.2, 0.25) is 0 Å². The Bertz CT molecular complexity index is 344. The summed E-state index contributed by atoms with van der Waals surface area (Å²) in [5.41, 5.74) is 0.354. The molecule has 0 amide bonds. The third kappa shape index (κ3) is 1.26. The molecule has 4 aliphatic carbocycles. The molecule has 0 aromatic rings. The van der Waals surface area contributed by atoms with Gasteiger partial charge in [0.25, 0.3) is 0 Å². The minimum absolute atomic E-state index is 0.354. The second-order valence-electron chi connectivity index (χ2n) is 7.00. The molecule has 1 N–H and O–H groups in total. The molecule has 94 valence electrons. The zero-order chi connectivity index (χ0) is 11.6. The second kappa shape index (κ2) is 3.18. The van der Waals surface area contributed by atoms with Gasteiger partial charge in [0.15, 0.2) is 5.96 Å². The third-order valence-electron chi connectivity index (χ3n) is 5.85. The Morgan fingerprint density at radius 3 is 2.12 bits per heavy atom. The summed E-state index contributed by atoms with van der Waals surface area (Å²) in [6.45, 7) is 1.04. The molecule has 4 fully saturated rings. The van der Waals surface area contributed by atoms with Gasteiger partial charge in [-0.3, -0.25) is 4.99 Å². The van der Waals surface area contributed by atoms with Crippen LogP contribution in [0.3, 0.4) is 0 Å². The monoisotopic (exact) mass is 233 g/mol. The van der Waals surface area contributed by atoms with Crippen LogP contribution in [0.25, 0.3) is 0 Å². The normalized spacial score (nSPS) is 50.6. The molecule has 4 bridgehead atoms. The molecule has 0 aromatic heterocycles. The first kappa shape index (κ1) is 10.2. The maximum absolute atomic E-state index is 4.77. The fourth-order valence-corrected chi connectivity index (χ4v) is 5.23. The third-order valence-corrected chi connectivity index (χ3v) is 5.85. The number of rotatable bonds is 0. The summed E-state index contributed by atoms with van der Waals surface area (Å²) >= 11 is 0. The molecule has 0 unspecified atom stereocenters. The Labute approximate surface area is 104 Å². The van der Waals surface area contributed by atoms with Gasteiger partial charge in [0, 0.05) is 14.1 Å². The van der Waals surface area contributed by atoms with Gasteiger partial charge in [0.1, 0.15) is 0 Å². The number of nitrogens with one attached hydrogen (secondary N) is 1. The highest BCUT2D eigenvalue weighted by molar-refractivity contribution is 5.82. The van der Waals surface area contributed by atoms with E-state index < -0.39 is 0 Å². The van der Waals surface area contributed by atoms with Gasteiger partial charge in [-0.05, 0) is 55.8 Å². The van der Waals surface area contributed by atoms with Gasteiger partial charge in [0.05, 0.1) is 12.1 Å². The highest BCUT2D eigenvalue weighted by Crippen LogP contribution is 2.58. The van der Waals surface area contributed by atoms with Crippen molar-refractivity contribution in [3.8, 4) is 0 Å². The summed E-state index contributed by atoms with van der Waals surface area (Å²) in [7, 11) is 4.20. The number of aliphatic imine (C=N–C) groups is 1. The second-order valence-corrected chi connectivity index (χ2v) is 7.00. The average molecular weight is 233 g/mol. The zero-order valence-electron chi connectivity index (χ0n) is 10.9. The summed E-state index contributed by atoms with van der Waals surface area (Å²) in [5, 5.41) is 3.82. The van der Waals surface area contributed by atoms with Gasteiger partial charge in [-0.1, -0.05) is 0 Å². The molecule has 5 aliphatic rings. The van der Waals surface area contributed by atoms with E-state index in [0.717, 1.165) is 36.2 Å². The summed E-state index contributed by atoms with van der Waals surface area (Å²) in [5.74, 6) is 5.03. The molecule has 1 aliphatic heterocycles. The van der Waals surface area contributed by atoms with E-state index in [2.05, 4.69) is 24.3 Å². The zero-order valence-corrected chi connectivity index (χ0v) is 10.9. The van der Waals surface area contributed by atoms with Crippen molar-refractivity contribution in [3.63, 3.8) is 0 Å². The minimum Gasteiger partial charge on any atom is -0.349 e. The summed E-state index contributed by atoms with van der Waals surface area (Å²) in [4.78, 5) is 6.90. The predicted octanol–water partition coefficient (Wildman–Crippen LogP) is 1.70.